The number of ketones is 2. The molecule has 2 rings (SSSR count). The third-order valence-corrected chi connectivity index (χ3v) is 5.80. The van der Waals surface area contributed by atoms with E-state index in [1.165, 1.54) is 20.3 Å². The third kappa shape index (κ3) is 3.97. The van der Waals surface area contributed by atoms with Crippen molar-refractivity contribution in [2.24, 2.45) is 5.41 Å². The second-order valence-electron chi connectivity index (χ2n) is 6.80. The maximum atomic E-state index is 13.3. The van der Waals surface area contributed by atoms with E-state index in [1.54, 1.807) is 24.3 Å². The first-order valence-electron chi connectivity index (χ1n) is 9.63. The Balaban J connectivity index is 2.51. The van der Waals surface area contributed by atoms with Gasteiger partial charge in [-0.1, -0.05) is 44.5 Å². The van der Waals surface area contributed by atoms with Gasteiger partial charge in [-0.2, -0.15) is 0 Å². The summed E-state index contributed by atoms with van der Waals surface area (Å²) < 4.78 is 10.7. The molecule has 29 heavy (non-hydrogen) atoms. The van der Waals surface area contributed by atoms with Gasteiger partial charge in [0.05, 0.1) is 24.7 Å². The van der Waals surface area contributed by atoms with E-state index in [0.717, 1.165) is 0 Å². The first kappa shape index (κ1) is 22.8. The van der Waals surface area contributed by atoms with Gasteiger partial charge in [-0.15, -0.1) is 0 Å². The summed E-state index contributed by atoms with van der Waals surface area (Å²) in [4.78, 5) is 26.2. The van der Waals surface area contributed by atoms with E-state index in [2.05, 4.69) is 0 Å². The van der Waals surface area contributed by atoms with E-state index in [-0.39, 0.29) is 11.3 Å². The minimum atomic E-state index is -0.950. The molecular formula is C23H27ClO5. The van der Waals surface area contributed by atoms with Crippen molar-refractivity contribution in [1.29, 1.82) is 0 Å². The summed E-state index contributed by atoms with van der Waals surface area (Å²) in [6.45, 7) is 5.62. The molecule has 0 fully saturated rings. The average molecular weight is 419 g/mol. The molecule has 1 N–H and O–H groups in total. The summed E-state index contributed by atoms with van der Waals surface area (Å²) in [6.07, 6.45) is 4.22. The second-order valence-corrected chi connectivity index (χ2v) is 7.21. The molecule has 0 aromatic heterocycles. The molecule has 0 bridgehead atoms. The lowest BCUT2D eigenvalue weighted by Crippen LogP contribution is -2.40. The van der Waals surface area contributed by atoms with Crippen molar-refractivity contribution in [3.8, 4) is 5.75 Å². The maximum absolute atomic E-state index is 13.3. The Morgan fingerprint density at radius 3 is 2.31 bits per heavy atom. The van der Waals surface area contributed by atoms with E-state index in [0.29, 0.717) is 46.9 Å². The van der Waals surface area contributed by atoms with Gasteiger partial charge in [0.25, 0.3) is 0 Å². The topological polar surface area (TPSA) is 72.8 Å². The molecule has 0 heterocycles. The molecule has 6 heteroatoms. The van der Waals surface area contributed by atoms with Crippen LogP contribution in [0.2, 0.25) is 5.02 Å². The van der Waals surface area contributed by atoms with Gasteiger partial charge in [-0.05, 0) is 43.0 Å². The van der Waals surface area contributed by atoms with Crippen LogP contribution in [-0.2, 0) is 14.3 Å². The van der Waals surface area contributed by atoms with Crippen molar-refractivity contribution < 1.29 is 24.2 Å². The second kappa shape index (κ2) is 9.31. The predicted molar refractivity (Wildman–Crippen MR) is 114 cm³/mol. The van der Waals surface area contributed by atoms with Crippen LogP contribution in [0.4, 0.5) is 0 Å². The Morgan fingerprint density at radius 1 is 1.17 bits per heavy atom. The zero-order valence-electron chi connectivity index (χ0n) is 17.5. The lowest BCUT2D eigenvalue weighted by molar-refractivity contribution is -0.128. The van der Waals surface area contributed by atoms with Crippen LogP contribution in [0.25, 0.3) is 6.08 Å². The molecule has 0 saturated carbocycles. The molecule has 0 atom stereocenters. The summed E-state index contributed by atoms with van der Waals surface area (Å²) in [6, 6.07) is 5.09. The van der Waals surface area contributed by atoms with E-state index in [1.807, 2.05) is 20.8 Å². The van der Waals surface area contributed by atoms with Crippen LogP contribution >= 0.6 is 11.6 Å². The Kier molecular flexibility index (Phi) is 7.31. The molecule has 1 aliphatic rings. The van der Waals surface area contributed by atoms with Crippen molar-refractivity contribution in [1.82, 2.24) is 0 Å². The van der Waals surface area contributed by atoms with Crippen LogP contribution in [0.1, 0.15) is 45.6 Å². The largest absolute Gasteiger partial charge is 0.507 e. The highest BCUT2D eigenvalue weighted by Crippen LogP contribution is 2.46. The van der Waals surface area contributed by atoms with Crippen LogP contribution in [0.15, 0.2) is 46.9 Å². The first-order valence-corrected chi connectivity index (χ1v) is 10.0. The molecule has 1 aromatic rings. The van der Waals surface area contributed by atoms with Crippen molar-refractivity contribution in [3.05, 3.63) is 57.5 Å². The number of hydrogen-bond acceptors (Lipinski definition) is 5. The van der Waals surface area contributed by atoms with Gasteiger partial charge in [-0.3, -0.25) is 9.59 Å². The third-order valence-electron chi connectivity index (χ3n) is 5.51. The number of methoxy groups -OCH3 is 2. The van der Waals surface area contributed by atoms with Crippen LogP contribution < -0.4 is 4.74 Å². The minimum absolute atomic E-state index is 0.192. The summed E-state index contributed by atoms with van der Waals surface area (Å²) in [5.41, 5.74) is 0.0324. The molecule has 156 valence electrons. The van der Waals surface area contributed by atoms with Crippen LogP contribution in [0.3, 0.4) is 0 Å². The molecule has 0 spiro atoms. The van der Waals surface area contributed by atoms with Gasteiger partial charge < -0.3 is 14.6 Å². The van der Waals surface area contributed by atoms with E-state index >= 15 is 0 Å². The summed E-state index contributed by atoms with van der Waals surface area (Å²) in [5.74, 6) is -0.272. The molecule has 5 nitrogen and oxygen atoms in total. The first-order chi connectivity index (χ1) is 13.8. The van der Waals surface area contributed by atoms with E-state index in [9.17, 15) is 14.7 Å². The molecule has 0 amide bonds. The highest BCUT2D eigenvalue weighted by Gasteiger charge is 2.49. The number of aliphatic hydroxyl groups is 1. The standard InChI is InChI=1S/C23H27ClO5/c1-6-15-20(26)19(21(27)23(7-2,8-3)22(15)29-5)17(25)11-9-14-10-12-18(28-4)16(24)13-14/h9-13,26H,6-8H2,1-5H3/b11-9+. The number of carbonyl (C=O) groups excluding carboxylic acids is 2. The lowest BCUT2D eigenvalue weighted by Gasteiger charge is -2.37. The summed E-state index contributed by atoms with van der Waals surface area (Å²) >= 11 is 6.12. The fourth-order valence-electron chi connectivity index (χ4n) is 3.81. The van der Waals surface area contributed by atoms with E-state index < -0.39 is 17.0 Å². The number of Topliss-reactive ketones (excluding diaryl/α,β-unsaturated/α-hetero) is 1. The number of carbonyl (C=O) groups is 2. The van der Waals surface area contributed by atoms with Crippen molar-refractivity contribution in [3.63, 3.8) is 0 Å². The SMILES string of the molecule is CCC1=C(OC)C(CC)(CC)C(=O)C(C(=O)/C=C/c2ccc(OC)c(Cl)c2)=C1O. The van der Waals surface area contributed by atoms with Gasteiger partial charge >= 0.3 is 0 Å². The molecule has 0 unspecified atom stereocenters. The van der Waals surface area contributed by atoms with Crippen molar-refractivity contribution in [2.45, 2.75) is 40.0 Å². The number of halogens is 1. The predicted octanol–water partition coefficient (Wildman–Crippen LogP) is 5.44. The van der Waals surface area contributed by atoms with Crippen LogP contribution in [0.5, 0.6) is 5.75 Å². The monoisotopic (exact) mass is 418 g/mol. The number of allylic oxidation sites excluding steroid dienone is 4. The highest BCUT2D eigenvalue weighted by molar-refractivity contribution is 6.32. The Bertz CT molecular complexity index is 904. The van der Waals surface area contributed by atoms with Crippen molar-refractivity contribution >= 4 is 29.2 Å². The summed E-state index contributed by atoms with van der Waals surface area (Å²) in [5, 5.41) is 11.1. The maximum Gasteiger partial charge on any atom is 0.193 e. The number of hydrogen-bond donors (Lipinski definition) is 1. The quantitative estimate of drug-likeness (QED) is 0.449. The lowest BCUT2D eigenvalue weighted by atomic mass is 9.68. The Morgan fingerprint density at radius 2 is 1.83 bits per heavy atom. The normalized spacial score (nSPS) is 16.6. The average Bonchev–Trinajstić information content (AvgIpc) is 2.72. The van der Waals surface area contributed by atoms with Crippen molar-refractivity contribution in [2.75, 3.05) is 14.2 Å². The molecule has 1 aromatic carbocycles. The number of rotatable bonds is 8. The van der Waals surface area contributed by atoms with Gasteiger partial charge in [0.15, 0.2) is 11.6 Å². The smallest absolute Gasteiger partial charge is 0.193 e. The minimum Gasteiger partial charge on any atom is -0.507 e. The van der Waals surface area contributed by atoms with E-state index in [4.69, 9.17) is 21.1 Å². The molecule has 0 aliphatic heterocycles. The molecular weight excluding hydrogens is 392 g/mol. The zero-order valence-corrected chi connectivity index (χ0v) is 18.2. The molecule has 1 aliphatic carbocycles. The fourth-order valence-corrected chi connectivity index (χ4v) is 4.07. The zero-order chi connectivity index (χ0) is 21.8. The number of ether oxygens (including phenoxy) is 2. The van der Waals surface area contributed by atoms with Gasteiger partial charge in [-0.25, -0.2) is 0 Å². The molecule has 0 radical (unpaired) electrons. The van der Waals surface area contributed by atoms with Crippen LogP contribution in [-0.4, -0.2) is 30.9 Å². The summed E-state index contributed by atoms with van der Waals surface area (Å²) in [7, 11) is 3.01. The van der Waals surface area contributed by atoms with Gasteiger partial charge in [0, 0.05) is 5.57 Å². The van der Waals surface area contributed by atoms with Crippen LogP contribution in [0, 0.1) is 5.41 Å². The van der Waals surface area contributed by atoms with Gasteiger partial charge in [0.2, 0.25) is 0 Å². The Hall–Kier alpha value is -2.53. The number of aliphatic hydroxyl groups excluding tert-OH is 1. The number of benzene rings is 1. The molecule has 0 saturated heterocycles. The van der Waals surface area contributed by atoms with Gasteiger partial charge in [0.1, 0.15) is 22.8 Å². The highest BCUT2D eigenvalue weighted by atomic mass is 35.5. The Labute approximate surface area is 176 Å². The fraction of sp³-hybridized carbons (Fsp3) is 0.391.